The Balaban J connectivity index is 1.92. The molecule has 0 aliphatic carbocycles. The zero-order valence-corrected chi connectivity index (χ0v) is 15.0. The molecule has 0 saturated carbocycles. The van der Waals surface area contributed by atoms with Gasteiger partial charge in [-0.25, -0.2) is 9.78 Å². The Hall–Kier alpha value is -2.87. The van der Waals surface area contributed by atoms with Crippen LogP contribution in [0, 0.1) is 13.8 Å². The molecule has 1 amide bonds. The fourth-order valence-electron chi connectivity index (χ4n) is 2.69. The van der Waals surface area contributed by atoms with Crippen LogP contribution < -0.4 is 10.1 Å². The molecule has 3 rings (SSSR count). The lowest BCUT2D eigenvalue weighted by Gasteiger charge is -2.02. The average Bonchev–Trinajstić information content (AvgIpc) is 3.13. The van der Waals surface area contributed by atoms with Crippen LogP contribution in [0.15, 0.2) is 18.2 Å². The van der Waals surface area contributed by atoms with E-state index >= 15 is 0 Å². The maximum atomic E-state index is 12.6. The molecule has 0 unspecified atom stereocenters. The third-order valence-electron chi connectivity index (χ3n) is 3.88. The standard InChI is InChI=1S/C17H17N3O4S/c1-8-12(16(22)24-4)9(2)18-13(8)15(21)20-17-19-14-10(23-3)6-5-7-11(14)25-17/h5-7,18H,1-4H3,(H,19,20,21). The molecular weight excluding hydrogens is 342 g/mol. The first-order chi connectivity index (χ1) is 12.0. The molecular formula is C17H17N3O4S. The summed E-state index contributed by atoms with van der Waals surface area (Å²) in [6.45, 7) is 3.42. The number of aromatic nitrogens is 2. The minimum Gasteiger partial charge on any atom is -0.494 e. The first-order valence-electron chi connectivity index (χ1n) is 7.48. The Morgan fingerprint density at radius 1 is 1.24 bits per heavy atom. The predicted octanol–water partition coefficient (Wildman–Crippen LogP) is 3.29. The normalized spacial score (nSPS) is 10.7. The second kappa shape index (κ2) is 6.56. The van der Waals surface area contributed by atoms with E-state index in [4.69, 9.17) is 9.47 Å². The van der Waals surface area contributed by atoms with Crippen molar-refractivity contribution in [3.63, 3.8) is 0 Å². The molecule has 130 valence electrons. The summed E-state index contributed by atoms with van der Waals surface area (Å²) in [5, 5.41) is 3.22. The number of benzene rings is 1. The van der Waals surface area contributed by atoms with E-state index in [1.165, 1.54) is 18.4 Å². The van der Waals surface area contributed by atoms with Gasteiger partial charge in [-0.05, 0) is 31.5 Å². The van der Waals surface area contributed by atoms with Crippen LogP contribution in [0.1, 0.15) is 32.1 Å². The number of thiazole rings is 1. The van der Waals surface area contributed by atoms with Gasteiger partial charge in [0.1, 0.15) is 17.0 Å². The van der Waals surface area contributed by atoms with Crippen molar-refractivity contribution in [2.75, 3.05) is 19.5 Å². The lowest BCUT2D eigenvalue weighted by atomic mass is 10.1. The van der Waals surface area contributed by atoms with Gasteiger partial charge >= 0.3 is 5.97 Å². The summed E-state index contributed by atoms with van der Waals surface area (Å²) in [7, 11) is 2.88. The summed E-state index contributed by atoms with van der Waals surface area (Å²) in [5.41, 5.74) is 2.50. The first-order valence-corrected chi connectivity index (χ1v) is 8.30. The number of nitrogens with zero attached hydrogens (tertiary/aromatic N) is 1. The molecule has 0 bridgehead atoms. The Labute approximate surface area is 148 Å². The van der Waals surface area contributed by atoms with Gasteiger partial charge in [-0.2, -0.15) is 0 Å². The van der Waals surface area contributed by atoms with Crippen molar-refractivity contribution in [2.45, 2.75) is 13.8 Å². The van der Waals surface area contributed by atoms with E-state index in [0.29, 0.717) is 38.9 Å². The number of fused-ring (bicyclic) bond motifs is 1. The summed E-state index contributed by atoms with van der Waals surface area (Å²) >= 11 is 1.35. The van der Waals surface area contributed by atoms with Crippen LogP contribution in [0.3, 0.4) is 0 Å². The highest BCUT2D eigenvalue weighted by Crippen LogP contribution is 2.32. The lowest BCUT2D eigenvalue weighted by molar-refractivity contribution is 0.0599. The topological polar surface area (TPSA) is 93.3 Å². The third-order valence-corrected chi connectivity index (χ3v) is 4.81. The number of H-pyrrole nitrogens is 1. The summed E-state index contributed by atoms with van der Waals surface area (Å²) < 4.78 is 10.9. The van der Waals surface area contributed by atoms with Crippen LogP contribution in [0.4, 0.5) is 5.13 Å². The number of esters is 1. The van der Waals surface area contributed by atoms with Gasteiger partial charge in [0, 0.05) is 5.69 Å². The summed E-state index contributed by atoms with van der Waals surface area (Å²) in [5.74, 6) is -0.196. The summed E-state index contributed by atoms with van der Waals surface area (Å²) in [6.07, 6.45) is 0. The van der Waals surface area contributed by atoms with Crippen LogP contribution >= 0.6 is 11.3 Å². The number of aryl methyl sites for hydroxylation is 1. The van der Waals surface area contributed by atoms with E-state index in [0.717, 1.165) is 4.70 Å². The Bertz CT molecular complexity index is 974. The maximum absolute atomic E-state index is 12.6. The van der Waals surface area contributed by atoms with Crippen molar-refractivity contribution in [1.29, 1.82) is 0 Å². The molecule has 7 nitrogen and oxygen atoms in total. The number of carbonyl (C=O) groups is 2. The Morgan fingerprint density at radius 2 is 2.00 bits per heavy atom. The number of ether oxygens (including phenoxy) is 2. The number of hydrogen-bond acceptors (Lipinski definition) is 6. The molecule has 0 fully saturated rings. The molecule has 2 N–H and O–H groups in total. The Morgan fingerprint density at radius 3 is 2.68 bits per heavy atom. The number of para-hydroxylation sites is 1. The molecule has 0 aliphatic heterocycles. The SMILES string of the molecule is COC(=O)c1c(C)[nH]c(C(=O)Nc2nc3c(OC)cccc3s2)c1C. The number of nitrogens with one attached hydrogen (secondary N) is 2. The zero-order valence-electron chi connectivity index (χ0n) is 14.2. The van der Waals surface area contributed by atoms with Crippen LogP contribution in [0.2, 0.25) is 0 Å². The lowest BCUT2D eigenvalue weighted by Crippen LogP contribution is -2.14. The van der Waals surface area contributed by atoms with Crippen LogP contribution in [-0.4, -0.2) is 36.1 Å². The van der Waals surface area contributed by atoms with Gasteiger partial charge < -0.3 is 14.5 Å². The molecule has 3 aromatic rings. The van der Waals surface area contributed by atoms with Crippen molar-refractivity contribution < 1.29 is 19.1 Å². The van der Waals surface area contributed by atoms with Gasteiger partial charge in [0.05, 0.1) is 24.5 Å². The second-order valence-corrected chi connectivity index (χ2v) is 6.43. The van der Waals surface area contributed by atoms with E-state index in [1.807, 2.05) is 18.2 Å². The Kier molecular flexibility index (Phi) is 4.45. The number of aromatic amines is 1. The quantitative estimate of drug-likeness (QED) is 0.697. The fraction of sp³-hybridized carbons (Fsp3) is 0.235. The molecule has 0 spiro atoms. The molecule has 0 atom stereocenters. The predicted molar refractivity (Wildman–Crippen MR) is 95.7 cm³/mol. The van der Waals surface area contributed by atoms with E-state index in [2.05, 4.69) is 15.3 Å². The number of anilines is 1. The number of hydrogen-bond donors (Lipinski definition) is 2. The van der Waals surface area contributed by atoms with Gasteiger partial charge in [0.2, 0.25) is 0 Å². The van der Waals surface area contributed by atoms with E-state index in [9.17, 15) is 9.59 Å². The monoisotopic (exact) mass is 359 g/mol. The van der Waals surface area contributed by atoms with Crippen LogP contribution in [0.25, 0.3) is 10.2 Å². The smallest absolute Gasteiger partial charge is 0.339 e. The molecule has 1 aromatic carbocycles. The molecule has 25 heavy (non-hydrogen) atoms. The maximum Gasteiger partial charge on any atom is 0.339 e. The molecule has 0 radical (unpaired) electrons. The first kappa shape index (κ1) is 17.0. The van der Waals surface area contributed by atoms with Crippen molar-refractivity contribution in [2.24, 2.45) is 0 Å². The highest BCUT2D eigenvalue weighted by atomic mass is 32.1. The third kappa shape index (κ3) is 2.96. The van der Waals surface area contributed by atoms with E-state index in [-0.39, 0.29) is 5.91 Å². The fourth-order valence-corrected chi connectivity index (χ4v) is 3.56. The zero-order chi connectivity index (χ0) is 18.1. The average molecular weight is 359 g/mol. The number of amides is 1. The van der Waals surface area contributed by atoms with Gasteiger partial charge in [0.15, 0.2) is 5.13 Å². The van der Waals surface area contributed by atoms with Crippen molar-refractivity contribution in [3.8, 4) is 5.75 Å². The van der Waals surface area contributed by atoms with Crippen molar-refractivity contribution in [3.05, 3.63) is 40.7 Å². The minimum absolute atomic E-state index is 0.309. The van der Waals surface area contributed by atoms with Gasteiger partial charge in [-0.3, -0.25) is 10.1 Å². The van der Waals surface area contributed by atoms with Crippen LogP contribution in [0.5, 0.6) is 5.75 Å². The van der Waals surface area contributed by atoms with Gasteiger partial charge in [-0.1, -0.05) is 17.4 Å². The molecule has 0 aliphatic rings. The molecule has 2 aromatic heterocycles. The number of carbonyl (C=O) groups excluding carboxylic acids is 2. The number of rotatable bonds is 4. The minimum atomic E-state index is -0.477. The van der Waals surface area contributed by atoms with Gasteiger partial charge in [0.25, 0.3) is 5.91 Å². The second-order valence-electron chi connectivity index (χ2n) is 5.40. The van der Waals surface area contributed by atoms with E-state index in [1.54, 1.807) is 21.0 Å². The molecule has 8 heteroatoms. The van der Waals surface area contributed by atoms with Crippen molar-refractivity contribution in [1.82, 2.24) is 9.97 Å². The van der Waals surface area contributed by atoms with Crippen molar-refractivity contribution >= 4 is 38.6 Å². The summed E-state index contributed by atoms with van der Waals surface area (Å²) in [6, 6.07) is 5.59. The number of methoxy groups -OCH3 is 2. The van der Waals surface area contributed by atoms with Gasteiger partial charge in [-0.15, -0.1) is 0 Å². The highest BCUT2D eigenvalue weighted by molar-refractivity contribution is 7.22. The molecule has 0 saturated heterocycles. The van der Waals surface area contributed by atoms with E-state index < -0.39 is 5.97 Å². The largest absolute Gasteiger partial charge is 0.494 e. The summed E-state index contributed by atoms with van der Waals surface area (Å²) in [4.78, 5) is 31.8. The highest BCUT2D eigenvalue weighted by Gasteiger charge is 2.23. The molecule has 2 heterocycles. The van der Waals surface area contributed by atoms with Crippen LogP contribution in [-0.2, 0) is 4.74 Å².